The first-order valence-corrected chi connectivity index (χ1v) is 9.16. The van der Waals surface area contributed by atoms with E-state index in [0.29, 0.717) is 11.4 Å². The number of hydrogen-bond donors (Lipinski definition) is 4. The molecule has 1 aromatic carbocycles. The summed E-state index contributed by atoms with van der Waals surface area (Å²) in [4.78, 5) is 23.3. The maximum atomic E-state index is 12.2. The van der Waals surface area contributed by atoms with Crippen molar-refractivity contribution < 1.29 is 9.59 Å². The minimum atomic E-state index is -1.83. The molecule has 4 N–H and O–H groups in total. The summed E-state index contributed by atoms with van der Waals surface area (Å²) in [5.74, 6) is -0.499. The predicted octanol–water partition coefficient (Wildman–Crippen LogP) is 3.79. The molecule has 0 unspecified atom stereocenters. The Morgan fingerprint density at radius 1 is 1.04 bits per heavy atom. The number of halogens is 3. The molecular formula is C16H21Cl3N4O2S. The van der Waals surface area contributed by atoms with E-state index >= 15 is 0 Å². The zero-order valence-electron chi connectivity index (χ0n) is 14.7. The fraction of sp³-hybridized carbons (Fsp3) is 0.438. The molecule has 0 bridgehead atoms. The molecule has 0 heterocycles. The van der Waals surface area contributed by atoms with Crippen LogP contribution in [-0.2, 0) is 9.59 Å². The van der Waals surface area contributed by atoms with Gasteiger partial charge in [0.2, 0.25) is 15.6 Å². The Balaban J connectivity index is 2.81. The second-order valence-electron chi connectivity index (χ2n) is 6.56. The zero-order chi connectivity index (χ0) is 20.1. The second-order valence-corrected chi connectivity index (χ2v) is 9.34. The molecule has 1 aromatic rings. The van der Waals surface area contributed by atoms with E-state index in [9.17, 15) is 9.59 Å². The van der Waals surface area contributed by atoms with Gasteiger partial charge in [-0.05, 0) is 30.4 Å². The van der Waals surface area contributed by atoms with Crippen LogP contribution in [0.5, 0.6) is 0 Å². The molecular weight excluding hydrogens is 419 g/mol. The van der Waals surface area contributed by atoms with E-state index in [-0.39, 0.29) is 16.9 Å². The highest BCUT2D eigenvalue weighted by molar-refractivity contribution is 7.80. The van der Waals surface area contributed by atoms with Gasteiger partial charge in [-0.2, -0.15) is 0 Å². The van der Waals surface area contributed by atoms with E-state index in [1.54, 1.807) is 45.0 Å². The molecule has 0 spiro atoms. The summed E-state index contributed by atoms with van der Waals surface area (Å²) in [5, 5.41) is 11.1. The van der Waals surface area contributed by atoms with Gasteiger partial charge >= 0.3 is 0 Å². The van der Waals surface area contributed by atoms with Crippen LogP contribution in [0.2, 0.25) is 0 Å². The number of amides is 2. The highest BCUT2D eigenvalue weighted by Crippen LogP contribution is 2.30. The molecule has 0 saturated heterocycles. The molecule has 0 aliphatic heterocycles. The van der Waals surface area contributed by atoms with Gasteiger partial charge in [-0.1, -0.05) is 61.6 Å². The Labute approximate surface area is 173 Å². The van der Waals surface area contributed by atoms with E-state index in [4.69, 9.17) is 47.0 Å². The fourth-order valence-electron chi connectivity index (χ4n) is 1.72. The first-order chi connectivity index (χ1) is 11.8. The summed E-state index contributed by atoms with van der Waals surface area (Å²) in [6, 6.07) is 6.91. The third kappa shape index (κ3) is 7.95. The van der Waals surface area contributed by atoms with Crippen LogP contribution in [0.4, 0.5) is 11.4 Å². The quantitative estimate of drug-likeness (QED) is 0.326. The summed E-state index contributed by atoms with van der Waals surface area (Å²) >= 11 is 23.0. The number of rotatable bonds is 4. The maximum absolute atomic E-state index is 12.2. The molecule has 0 radical (unpaired) electrons. The van der Waals surface area contributed by atoms with Crippen LogP contribution in [-0.4, -0.2) is 26.9 Å². The van der Waals surface area contributed by atoms with Crippen molar-refractivity contribution in [3.05, 3.63) is 24.3 Å². The maximum Gasteiger partial charge on any atom is 0.228 e. The normalized spacial score (nSPS) is 12.7. The van der Waals surface area contributed by atoms with Crippen molar-refractivity contribution in [1.29, 1.82) is 0 Å². The average molecular weight is 440 g/mol. The smallest absolute Gasteiger partial charge is 0.228 e. The molecule has 6 nitrogen and oxygen atoms in total. The number of nitrogens with one attached hydrogen (secondary N) is 4. The van der Waals surface area contributed by atoms with Crippen molar-refractivity contribution in [2.75, 3.05) is 10.6 Å². The summed E-state index contributed by atoms with van der Waals surface area (Å²) in [6.45, 7) is 6.63. The van der Waals surface area contributed by atoms with E-state index < -0.39 is 15.4 Å². The summed E-state index contributed by atoms with van der Waals surface area (Å²) < 4.78 is -1.83. The van der Waals surface area contributed by atoms with Gasteiger partial charge in [0.25, 0.3) is 0 Å². The lowest BCUT2D eigenvalue weighted by atomic mass is 9.95. The molecule has 0 aliphatic rings. The van der Waals surface area contributed by atoms with Crippen LogP contribution in [0.1, 0.15) is 27.7 Å². The number of carbonyl (C=O) groups excluding carboxylic acids is 2. The van der Waals surface area contributed by atoms with Gasteiger partial charge in [0.1, 0.15) is 6.17 Å². The minimum Gasteiger partial charge on any atom is -0.339 e. The standard InChI is InChI=1S/C16H21Cl3N4O2S/c1-9(24)20-10-6-5-7-11(8-10)21-14(26)23-12(16(17,18)19)22-13(25)15(2,3)4/h5-8,12H,1-4H3,(H,20,24)(H,22,25)(H2,21,23,26)/t12-/m0/s1. The molecule has 0 aromatic heterocycles. The summed E-state index contributed by atoms with van der Waals surface area (Å²) in [5.41, 5.74) is 0.542. The monoisotopic (exact) mass is 438 g/mol. The van der Waals surface area contributed by atoms with Crippen LogP contribution < -0.4 is 21.3 Å². The van der Waals surface area contributed by atoms with Crippen LogP contribution in [0.25, 0.3) is 0 Å². The Kier molecular flexibility index (Phi) is 7.95. The first-order valence-electron chi connectivity index (χ1n) is 7.62. The lowest BCUT2D eigenvalue weighted by Crippen LogP contribution is -2.58. The van der Waals surface area contributed by atoms with Gasteiger partial charge < -0.3 is 21.3 Å². The molecule has 2 amide bonds. The van der Waals surface area contributed by atoms with Gasteiger partial charge in [0, 0.05) is 23.7 Å². The Hall–Kier alpha value is -1.28. The fourth-order valence-corrected chi connectivity index (χ4v) is 2.29. The van der Waals surface area contributed by atoms with Crippen molar-refractivity contribution in [2.24, 2.45) is 5.41 Å². The number of carbonyl (C=O) groups is 2. The van der Waals surface area contributed by atoms with E-state index in [1.165, 1.54) is 6.92 Å². The first kappa shape index (κ1) is 22.8. The summed E-state index contributed by atoms with van der Waals surface area (Å²) in [7, 11) is 0. The van der Waals surface area contributed by atoms with Crippen LogP contribution >= 0.6 is 47.0 Å². The second kappa shape index (κ2) is 9.08. The molecule has 0 fully saturated rings. The van der Waals surface area contributed by atoms with E-state index in [1.807, 2.05) is 0 Å². The number of thiocarbonyl (C=S) groups is 1. The SMILES string of the molecule is CC(=O)Nc1cccc(NC(=S)N[C@H](NC(=O)C(C)(C)C)C(Cl)(Cl)Cl)c1. The summed E-state index contributed by atoms with van der Waals surface area (Å²) in [6.07, 6.45) is -1.04. The highest BCUT2D eigenvalue weighted by Gasteiger charge is 2.36. The number of anilines is 2. The van der Waals surface area contributed by atoms with Crippen molar-refractivity contribution in [1.82, 2.24) is 10.6 Å². The third-order valence-electron chi connectivity index (χ3n) is 3.00. The largest absolute Gasteiger partial charge is 0.339 e. The van der Waals surface area contributed by atoms with Crippen molar-refractivity contribution in [3.63, 3.8) is 0 Å². The molecule has 0 aliphatic carbocycles. The van der Waals surface area contributed by atoms with Crippen LogP contribution in [0, 0.1) is 5.41 Å². The Bertz CT molecular complexity index is 687. The minimum absolute atomic E-state index is 0.135. The van der Waals surface area contributed by atoms with Crippen molar-refractivity contribution in [2.45, 2.75) is 37.7 Å². The number of alkyl halides is 3. The predicted molar refractivity (Wildman–Crippen MR) is 112 cm³/mol. The molecule has 0 saturated carbocycles. The highest BCUT2D eigenvalue weighted by atomic mass is 35.6. The van der Waals surface area contributed by atoms with Gasteiger partial charge in [-0.15, -0.1) is 0 Å². The zero-order valence-corrected chi connectivity index (χ0v) is 17.8. The molecule has 10 heteroatoms. The van der Waals surface area contributed by atoms with Gasteiger partial charge in [-0.25, -0.2) is 0 Å². The van der Waals surface area contributed by atoms with Crippen LogP contribution in [0.3, 0.4) is 0 Å². The van der Waals surface area contributed by atoms with Gasteiger partial charge in [0.15, 0.2) is 5.11 Å². The van der Waals surface area contributed by atoms with Crippen molar-refractivity contribution in [3.8, 4) is 0 Å². The number of benzene rings is 1. The molecule has 1 rings (SSSR count). The topological polar surface area (TPSA) is 82.3 Å². The van der Waals surface area contributed by atoms with E-state index in [0.717, 1.165) is 0 Å². The lowest BCUT2D eigenvalue weighted by Gasteiger charge is -2.30. The average Bonchev–Trinajstić information content (AvgIpc) is 2.43. The molecule has 1 atom stereocenters. The third-order valence-corrected chi connectivity index (χ3v) is 3.87. The Morgan fingerprint density at radius 2 is 1.58 bits per heavy atom. The van der Waals surface area contributed by atoms with E-state index in [2.05, 4.69) is 21.3 Å². The lowest BCUT2D eigenvalue weighted by molar-refractivity contribution is -0.129. The molecule has 26 heavy (non-hydrogen) atoms. The number of hydrogen-bond acceptors (Lipinski definition) is 3. The van der Waals surface area contributed by atoms with Gasteiger partial charge in [0.05, 0.1) is 0 Å². The van der Waals surface area contributed by atoms with Gasteiger partial charge in [-0.3, -0.25) is 9.59 Å². The molecule has 144 valence electrons. The van der Waals surface area contributed by atoms with Crippen molar-refractivity contribution >= 4 is 75.3 Å². The van der Waals surface area contributed by atoms with Crippen LogP contribution in [0.15, 0.2) is 24.3 Å². The Morgan fingerprint density at radius 3 is 2.04 bits per heavy atom.